The van der Waals surface area contributed by atoms with E-state index in [2.05, 4.69) is 11.6 Å². The predicted molar refractivity (Wildman–Crippen MR) is 101 cm³/mol. The molecule has 0 amide bonds. The lowest BCUT2D eigenvalue weighted by atomic mass is 9.90. The van der Waals surface area contributed by atoms with E-state index in [0.717, 1.165) is 38.5 Å². The van der Waals surface area contributed by atoms with Crippen LogP contribution in [0.1, 0.15) is 52.4 Å². The van der Waals surface area contributed by atoms with Crippen LogP contribution < -0.4 is 4.72 Å². The van der Waals surface area contributed by atoms with Crippen LogP contribution in [0.5, 0.6) is 0 Å². The molecule has 0 aromatic rings. The van der Waals surface area contributed by atoms with Crippen molar-refractivity contribution in [3.05, 3.63) is 0 Å². The predicted octanol–water partition coefficient (Wildman–Crippen LogP) is 0.713. The van der Waals surface area contributed by atoms with Gasteiger partial charge in [-0.2, -0.15) is 21.6 Å². The van der Waals surface area contributed by atoms with Gasteiger partial charge in [0.05, 0.1) is 6.61 Å². The third-order valence-corrected chi connectivity index (χ3v) is 7.99. The summed E-state index contributed by atoms with van der Waals surface area (Å²) in [4.78, 5) is 0. The van der Waals surface area contributed by atoms with Gasteiger partial charge in [-0.3, -0.25) is 4.18 Å². The van der Waals surface area contributed by atoms with Crippen LogP contribution in [0.25, 0.3) is 0 Å². The summed E-state index contributed by atoms with van der Waals surface area (Å²) in [5, 5.41) is 0. The van der Waals surface area contributed by atoms with E-state index in [9.17, 15) is 16.8 Å². The normalized spacial score (nSPS) is 44.1. The van der Waals surface area contributed by atoms with Crippen molar-refractivity contribution in [2.75, 3.05) is 13.2 Å². The van der Waals surface area contributed by atoms with E-state index < -0.39 is 57.7 Å². The van der Waals surface area contributed by atoms with E-state index in [0.29, 0.717) is 5.92 Å². The van der Waals surface area contributed by atoms with Crippen molar-refractivity contribution in [1.29, 1.82) is 0 Å². The van der Waals surface area contributed by atoms with Gasteiger partial charge in [0.25, 0.3) is 0 Å². The molecule has 4 fully saturated rings. The molecule has 3 aliphatic heterocycles. The lowest BCUT2D eigenvalue weighted by Gasteiger charge is -2.39. The minimum absolute atomic E-state index is 0.173. The summed E-state index contributed by atoms with van der Waals surface area (Å²) in [6, 6.07) is -0.195. The van der Waals surface area contributed by atoms with Crippen molar-refractivity contribution in [3.8, 4) is 0 Å². The molecule has 0 bridgehead atoms. The molecule has 3 heterocycles. The molecule has 4 aliphatic rings. The summed E-state index contributed by atoms with van der Waals surface area (Å²) in [5.41, 5.74) is 0. The molecule has 30 heavy (non-hydrogen) atoms. The van der Waals surface area contributed by atoms with Gasteiger partial charge in [0.1, 0.15) is 24.9 Å². The number of nitrogens with one attached hydrogen (secondary N) is 1. The average Bonchev–Trinajstić information content (AvgIpc) is 3.14. The first kappa shape index (κ1) is 22.8. The Hall–Kier alpha value is -0.380. The zero-order chi connectivity index (χ0) is 21.6. The monoisotopic (exact) mass is 471 g/mol. The summed E-state index contributed by atoms with van der Waals surface area (Å²) >= 11 is 0. The highest BCUT2D eigenvalue weighted by atomic mass is 32.3. The molecule has 0 radical (unpaired) electrons. The van der Waals surface area contributed by atoms with Crippen molar-refractivity contribution in [2.45, 2.75) is 88.8 Å². The van der Waals surface area contributed by atoms with Crippen LogP contribution in [0, 0.1) is 5.92 Å². The number of fused-ring (bicyclic) bond motifs is 3. The van der Waals surface area contributed by atoms with Gasteiger partial charge in [-0.05, 0) is 32.1 Å². The van der Waals surface area contributed by atoms with Gasteiger partial charge in [-0.25, -0.2) is 8.37 Å². The van der Waals surface area contributed by atoms with Gasteiger partial charge < -0.3 is 14.2 Å². The fourth-order valence-corrected chi connectivity index (χ4v) is 6.52. The molecule has 3 unspecified atom stereocenters. The van der Waals surface area contributed by atoms with Gasteiger partial charge in [0.15, 0.2) is 6.29 Å². The third-order valence-electron chi connectivity index (χ3n) is 6.00. The van der Waals surface area contributed by atoms with E-state index in [-0.39, 0.29) is 12.6 Å². The zero-order valence-corrected chi connectivity index (χ0v) is 18.7. The van der Waals surface area contributed by atoms with Gasteiger partial charge >= 0.3 is 20.7 Å². The fourth-order valence-electron chi connectivity index (χ4n) is 4.48. The Morgan fingerprint density at radius 3 is 2.67 bits per heavy atom. The molecule has 11 nitrogen and oxygen atoms in total. The van der Waals surface area contributed by atoms with Crippen molar-refractivity contribution in [3.63, 3.8) is 0 Å². The number of hydrogen-bond donors (Lipinski definition) is 1. The van der Waals surface area contributed by atoms with Gasteiger partial charge in [-0.15, -0.1) is 0 Å². The van der Waals surface area contributed by atoms with Crippen LogP contribution in [-0.2, 0) is 47.5 Å². The SMILES string of the molecule is CC1CCCCC(NS(=O)(=O)OC[C@@]23OC[C@H]4OS(=O)(=O)O[C@H]4[C@@H]2OC(C)O3)CC1. The zero-order valence-electron chi connectivity index (χ0n) is 17.0. The maximum absolute atomic E-state index is 12.6. The molecule has 1 saturated carbocycles. The molecule has 1 N–H and O–H groups in total. The van der Waals surface area contributed by atoms with Gasteiger partial charge in [-0.1, -0.05) is 26.2 Å². The first-order valence-corrected chi connectivity index (χ1v) is 13.1. The topological polar surface area (TPSA) is 136 Å². The molecule has 0 spiro atoms. The van der Waals surface area contributed by atoms with Crippen LogP contribution >= 0.6 is 0 Å². The Morgan fingerprint density at radius 1 is 1.10 bits per heavy atom. The van der Waals surface area contributed by atoms with E-state index in [1.165, 1.54) is 0 Å². The maximum atomic E-state index is 12.6. The first-order valence-electron chi connectivity index (χ1n) is 10.3. The highest BCUT2D eigenvalue weighted by molar-refractivity contribution is 7.84. The molecular weight excluding hydrogens is 442 g/mol. The molecule has 13 heteroatoms. The lowest BCUT2D eigenvalue weighted by molar-refractivity contribution is -0.279. The summed E-state index contributed by atoms with van der Waals surface area (Å²) in [7, 11) is -8.26. The Kier molecular flexibility index (Phi) is 6.48. The highest BCUT2D eigenvalue weighted by Crippen LogP contribution is 2.43. The van der Waals surface area contributed by atoms with Crippen LogP contribution in [0.3, 0.4) is 0 Å². The second kappa shape index (κ2) is 8.52. The number of rotatable bonds is 5. The van der Waals surface area contributed by atoms with Crippen molar-refractivity contribution in [2.24, 2.45) is 5.92 Å². The van der Waals surface area contributed by atoms with Gasteiger partial charge in [0.2, 0.25) is 5.79 Å². The Bertz CT molecular complexity index is 833. The van der Waals surface area contributed by atoms with Crippen LogP contribution in [0.2, 0.25) is 0 Å². The summed E-state index contributed by atoms with van der Waals surface area (Å²) in [5.74, 6) is -1.05. The molecule has 0 aromatic carbocycles. The molecule has 7 atom stereocenters. The molecular formula is C17H29NO10S2. The quantitative estimate of drug-likeness (QED) is 0.610. The average molecular weight is 472 g/mol. The Balaban J connectivity index is 1.41. The van der Waals surface area contributed by atoms with E-state index in [1.807, 2.05) is 0 Å². The van der Waals surface area contributed by atoms with E-state index in [1.54, 1.807) is 6.92 Å². The second-order valence-electron chi connectivity index (χ2n) is 8.47. The van der Waals surface area contributed by atoms with Crippen LogP contribution in [0.4, 0.5) is 0 Å². The molecule has 174 valence electrons. The van der Waals surface area contributed by atoms with Crippen LogP contribution in [-0.4, -0.2) is 66.5 Å². The van der Waals surface area contributed by atoms with Crippen LogP contribution in [0.15, 0.2) is 0 Å². The smallest absolute Gasteiger partial charge is 0.343 e. The standard InChI is InChI=1S/C17H29NO10S2/c1-11-5-3-4-6-13(8-7-11)18-29(19,20)24-10-17-16(25-12(2)26-17)15-14(9-23-17)27-30(21,22)28-15/h11-16,18H,3-10H2,1-2H3/t11?,12?,13?,14-,15-,16+,17+/m1/s1. The second-order valence-corrected chi connectivity index (χ2v) is 11.0. The first-order chi connectivity index (χ1) is 14.1. The highest BCUT2D eigenvalue weighted by Gasteiger charge is 2.64. The number of ether oxygens (including phenoxy) is 3. The minimum atomic E-state index is -4.17. The maximum Gasteiger partial charge on any atom is 0.400 e. The molecule has 4 rings (SSSR count). The number of hydrogen-bond acceptors (Lipinski definition) is 10. The largest absolute Gasteiger partial charge is 0.400 e. The van der Waals surface area contributed by atoms with E-state index in [4.69, 9.17) is 26.8 Å². The summed E-state index contributed by atoms with van der Waals surface area (Å²) in [6.07, 6.45) is 1.94. The molecule has 0 aromatic heterocycles. The van der Waals surface area contributed by atoms with Crippen molar-refractivity contribution in [1.82, 2.24) is 4.72 Å². The lowest BCUT2D eigenvalue weighted by Crippen LogP contribution is -2.60. The fraction of sp³-hybridized carbons (Fsp3) is 1.00. The molecule has 1 aliphatic carbocycles. The summed E-state index contributed by atoms with van der Waals surface area (Å²) in [6.45, 7) is 3.08. The van der Waals surface area contributed by atoms with Crippen molar-refractivity contribution >= 4 is 20.7 Å². The van der Waals surface area contributed by atoms with Gasteiger partial charge in [0, 0.05) is 6.04 Å². The van der Waals surface area contributed by atoms with E-state index >= 15 is 0 Å². The Morgan fingerprint density at radius 2 is 1.87 bits per heavy atom. The minimum Gasteiger partial charge on any atom is -0.343 e. The molecule has 3 saturated heterocycles. The third kappa shape index (κ3) is 4.99. The Labute approximate surface area is 177 Å². The van der Waals surface area contributed by atoms with Crippen molar-refractivity contribution < 1.29 is 43.6 Å². The summed E-state index contributed by atoms with van der Waals surface area (Å²) < 4.78 is 83.1.